The van der Waals surface area contributed by atoms with E-state index in [-0.39, 0.29) is 17.4 Å². The molecule has 0 aliphatic carbocycles. The smallest absolute Gasteiger partial charge is 0.230 e. The van der Waals surface area contributed by atoms with Crippen molar-refractivity contribution in [1.29, 1.82) is 0 Å². The molecular formula is C12H12ClFN2O. The lowest BCUT2D eigenvalue weighted by Gasteiger charge is -2.07. The van der Waals surface area contributed by atoms with Gasteiger partial charge in [0.1, 0.15) is 5.82 Å². The van der Waals surface area contributed by atoms with E-state index < -0.39 is 5.82 Å². The van der Waals surface area contributed by atoms with Gasteiger partial charge in [-0.2, -0.15) is 0 Å². The van der Waals surface area contributed by atoms with Crippen molar-refractivity contribution >= 4 is 17.5 Å². The van der Waals surface area contributed by atoms with Gasteiger partial charge in [0, 0.05) is 5.56 Å². The first-order valence-corrected chi connectivity index (χ1v) is 5.59. The molecule has 0 spiro atoms. The molecule has 0 aliphatic rings. The third-order valence-electron chi connectivity index (χ3n) is 2.50. The van der Waals surface area contributed by atoms with Gasteiger partial charge < -0.3 is 10.3 Å². The predicted octanol–water partition coefficient (Wildman–Crippen LogP) is 3.84. The lowest BCUT2D eigenvalue weighted by atomic mass is 9.99. The Labute approximate surface area is 103 Å². The summed E-state index contributed by atoms with van der Waals surface area (Å²) in [6.45, 7) is 3.85. The molecular weight excluding hydrogens is 243 g/mol. The van der Waals surface area contributed by atoms with E-state index in [1.807, 2.05) is 13.8 Å². The standard InChI is InChI=1S/C12H12ClFN2O/c1-6(2)11-10(12(15)17-16-11)9-7(13)4-3-5-8(9)14/h3-6H,15H2,1-2H3. The fourth-order valence-electron chi connectivity index (χ4n) is 1.70. The van der Waals surface area contributed by atoms with Crippen LogP contribution in [0, 0.1) is 5.82 Å². The fraction of sp³-hybridized carbons (Fsp3) is 0.250. The summed E-state index contributed by atoms with van der Waals surface area (Å²) in [7, 11) is 0. The van der Waals surface area contributed by atoms with Gasteiger partial charge in [-0.15, -0.1) is 0 Å². The maximum atomic E-state index is 13.8. The van der Waals surface area contributed by atoms with E-state index in [4.69, 9.17) is 21.9 Å². The van der Waals surface area contributed by atoms with Crippen LogP contribution in [0.5, 0.6) is 0 Å². The van der Waals surface area contributed by atoms with Gasteiger partial charge in [0.05, 0.1) is 16.3 Å². The molecule has 0 aliphatic heterocycles. The molecule has 1 aromatic carbocycles. The van der Waals surface area contributed by atoms with E-state index >= 15 is 0 Å². The molecule has 0 unspecified atom stereocenters. The van der Waals surface area contributed by atoms with Crippen molar-refractivity contribution in [2.75, 3.05) is 5.73 Å². The zero-order chi connectivity index (χ0) is 12.6. The molecule has 2 rings (SSSR count). The zero-order valence-corrected chi connectivity index (χ0v) is 10.3. The summed E-state index contributed by atoms with van der Waals surface area (Å²) in [5.41, 5.74) is 6.99. The second-order valence-corrected chi connectivity index (χ2v) is 4.47. The molecule has 0 atom stereocenters. The first-order valence-electron chi connectivity index (χ1n) is 5.21. The number of benzene rings is 1. The Bertz CT molecular complexity index is 531. The number of nitrogen functional groups attached to an aromatic ring is 1. The molecule has 0 saturated carbocycles. The van der Waals surface area contributed by atoms with E-state index in [1.54, 1.807) is 12.1 Å². The quantitative estimate of drug-likeness (QED) is 0.886. The maximum absolute atomic E-state index is 13.8. The molecule has 2 N–H and O–H groups in total. The first-order chi connectivity index (χ1) is 8.02. The molecule has 3 nitrogen and oxygen atoms in total. The first kappa shape index (κ1) is 11.9. The average Bonchev–Trinajstić information content (AvgIpc) is 2.61. The van der Waals surface area contributed by atoms with Crippen molar-refractivity contribution in [2.24, 2.45) is 0 Å². The summed E-state index contributed by atoms with van der Waals surface area (Å²) in [6, 6.07) is 4.48. The molecule has 17 heavy (non-hydrogen) atoms. The fourth-order valence-corrected chi connectivity index (χ4v) is 1.96. The zero-order valence-electron chi connectivity index (χ0n) is 9.50. The van der Waals surface area contributed by atoms with Crippen molar-refractivity contribution in [3.63, 3.8) is 0 Å². The van der Waals surface area contributed by atoms with Gasteiger partial charge in [-0.1, -0.05) is 36.7 Å². The number of halogens is 2. The third kappa shape index (κ3) is 2.00. The molecule has 0 saturated heterocycles. The van der Waals surface area contributed by atoms with Gasteiger partial charge in [0.25, 0.3) is 0 Å². The second-order valence-electron chi connectivity index (χ2n) is 4.06. The normalized spacial score (nSPS) is 11.1. The summed E-state index contributed by atoms with van der Waals surface area (Å²) in [4.78, 5) is 0. The number of nitrogens with zero attached hydrogens (tertiary/aromatic N) is 1. The van der Waals surface area contributed by atoms with E-state index in [0.717, 1.165) is 0 Å². The Morgan fingerprint density at radius 1 is 1.35 bits per heavy atom. The summed E-state index contributed by atoms with van der Waals surface area (Å²) < 4.78 is 18.8. The van der Waals surface area contributed by atoms with Crippen molar-refractivity contribution in [2.45, 2.75) is 19.8 Å². The summed E-state index contributed by atoms with van der Waals surface area (Å²) in [5, 5.41) is 4.14. The minimum atomic E-state index is -0.436. The van der Waals surface area contributed by atoms with Crippen molar-refractivity contribution in [3.8, 4) is 11.1 Å². The second kappa shape index (κ2) is 4.37. The van der Waals surface area contributed by atoms with Gasteiger partial charge >= 0.3 is 0 Å². The Morgan fingerprint density at radius 2 is 2.06 bits per heavy atom. The Balaban J connectivity index is 2.72. The van der Waals surface area contributed by atoms with Crippen LogP contribution in [0.3, 0.4) is 0 Å². The van der Waals surface area contributed by atoms with Gasteiger partial charge in [-0.25, -0.2) is 4.39 Å². The molecule has 0 bridgehead atoms. The number of aromatic nitrogens is 1. The highest BCUT2D eigenvalue weighted by atomic mass is 35.5. The summed E-state index contributed by atoms with van der Waals surface area (Å²) in [6.07, 6.45) is 0. The van der Waals surface area contributed by atoms with Crippen LogP contribution in [0.2, 0.25) is 5.02 Å². The lowest BCUT2D eigenvalue weighted by Crippen LogP contribution is -1.95. The maximum Gasteiger partial charge on any atom is 0.230 e. The van der Waals surface area contributed by atoms with Crippen LogP contribution in [-0.2, 0) is 0 Å². The Hall–Kier alpha value is -1.55. The topological polar surface area (TPSA) is 52.0 Å². The van der Waals surface area contributed by atoms with E-state index in [9.17, 15) is 4.39 Å². The third-order valence-corrected chi connectivity index (χ3v) is 2.82. The largest absolute Gasteiger partial charge is 0.367 e. The lowest BCUT2D eigenvalue weighted by molar-refractivity contribution is 0.424. The van der Waals surface area contributed by atoms with Crippen LogP contribution in [-0.4, -0.2) is 5.16 Å². The van der Waals surface area contributed by atoms with Crippen molar-refractivity contribution in [1.82, 2.24) is 5.16 Å². The van der Waals surface area contributed by atoms with Gasteiger partial charge in [0.2, 0.25) is 5.88 Å². The molecule has 90 valence electrons. The van der Waals surface area contributed by atoms with Crippen LogP contribution >= 0.6 is 11.6 Å². The van der Waals surface area contributed by atoms with Crippen LogP contribution in [0.4, 0.5) is 10.3 Å². The van der Waals surface area contributed by atoms with Crippen molar-refractivity contribution < 1.29 is 8.91 Å². The number of nitrogens with two attached hydrogens (primary N) is 1. The minimum absolute atomic E-state index is 0.0710. The molecule has 5 heteroatoms. The summed E-state index contributed by atoms with van der Waals surface area (Å²) >= 11 is 6.00. The number of anilines is 1. The van der Waals surface area contributed by atoms with Gasteiger partial charge in [-0.3, -0.25) is 0 Å². The number of hydrogen-bond donors (Lipinski definition) is 1. The van der Waals surface area contributed by atoms with Crippen LogP contribution in [0.15, 0.2) is 22.7 Å². The molecule has 0 amide bonds. The molecule has 0 radical (unpaired) electrons. The summed E-state index contributed by atoms with van der Waals surface area (Å²) in [5.74, 6) is -0.281. The molecule has 0 fully saturated rings. The van der Waals surface area contributed by atoms with E-state index in [2.05, 4.69) is 5.16 Å². The van der Waals surface area contributed by atoms with Gasteiger partial charge in [-0.05, 0) is 18.1 Å². The highest BCUT2D eigenvalue weighted by Gasteiger charge is 2.22. The monoisotopic (exact) mass is 254 g/mol. The number of rotatable bonds is 2. The van der Waals surface area contributed by atoms with E-state index in [1.165, 1.54) is 6.07 Å². The van der Waals surface area contributed by atoms with Crippen molar-refractivity contribution in [3.05, 3.63) is 34.7 Å². The van der Waals surface area contributed by atoms with Crippen LogP contribution in [0.1, 0.15) is 25.5 Å². The predicted molar refractivity (Wildman–Crippen MR) is 65.4 cm³/mol. The number of hydrogen-bond acceptors (Lipinski definition) is 3. The molecule has 1 aromatic heterocycles. The van der Waals surface area contributed by atoms with Gasteiger partial charge in [0.15, 0.2) is 0 Å². The van der Waals surface area contributed by atoms with E-state index in [0.29, 0.717) is 16.3 Å². The SMILES string of the molecule is CC(C)c1noc(N)c1-c1c(F)cccc1Cl. The minimum Gasteiger partial charge on any atom is -0.367 e. The van der Waals surface area contributed by atoms with Crippen LogP contribution in [0.25, 0.3) is 11.1 Å². The Morgan fingerprint density at radius 3 is 2.65 bits per heavy atom. The average molecular weight is 255 g/mol. The highest BCUT2D eigenvalue weighted by Crippen LogP contribution is 2.39. The Kier molecular flexibility index (Phi) is 3.07. The van der Waals surface area contributed by atoms with Crippen LogP contribution < -0.4 is 5.73 Å². The molecule has 1 heterocycles. The molecule has 2 aromatic rings. The highest BCUT2D eigenvalue weighted by molar-refractivity contribution is 6.33.